The maximum atomic E-state index is 9.61. The van der Waals surface area contributed by atoms with E-state index in [0.717, 1.165) is 44.9 Å². The molecule has 0 saturated carbocycles. The van der Waals surface area contributed by atoms with Gasteiger partial charge in [0.2, 0.25) is 5.95 Å². The number of hydrogen-bond acceptors (Lipinski definition) is 6. The van der Waals surface area contributed by atoms with E-state index in [1.807, 2.05) is 48.1 Å². The fraction of sp³-hybridized carbons (Fsp3) is 0.192. The Hall–Kier alpha value is -4.51. The van der Waals surface area contributed by atoms with Gasteiger partial charge in [-0.05, 0) is 69.7 Å². The van der Waals surface area contributed by atoms with Crippen LogP contribution in [0.2, 0.25) is 0 Å². The number of hydrogen-bond donors (Lipinski definition) is 1. The van der Waals surface area contributed by atoms with E-state index in [1.54, 1.807) is 18.5 Å². The maximum Gasteiger partial charge on any atom is 0.219 e. The van der Waals surface area contributed by atoms with Crippen LogP contribution in [0, 0.1) is 18.3 Å². The van der Waals surface area contributed by atoms with Crippen LogP contribution in [0.4, 0.5) is 5.95 Å². The normalized spacial score (nSPS) is 11.6. The average Bonchev–Trinajstić information content (AvgIpc) is 3.42. The molecular formula is C26H24N8. The second-order valence-electron chi connectivity index (χ2n) is 9.22. The third kappa shape index (κ3) is 3.67. The topological polar surface area (TPSA) is 111 Å². The highest BCUT2D eigenvalue weighted by Gasteiger charge is 2.25. The molecule has 34 heavy (non-hydrogen) atoms. The minimum absolute atomic E-state index is 0.239. The summed E-state index contributed by atoms with van der Waals surface area (Å²) in [5.41, 5.74) is 12.2. The molecule has 0 aliphatic heterocycles. The summed E-state index contributed by atoms with van der Waals surface area (Å²) >= 11 is 0. The number of nitrogens with two attached hydrogens (primary N) is 1. The van der Waals surface area contributed by atoms with Gasteiger partial charge >= 0.3 is 0 Å². The predicted octanol–water partition coefficient (Wildman–Crippen LogP) is 4.86. The Labute approximate surface area is 197 Å². The highest BCUT2D eigenvalue weighted by atomic mass is 15.3. The van der Waals surface area contributed by atoms with Crippen LogP contribution < -0.4 is 5.73 Å². The van der Waals surface area contributed by atoms with Gasteiger partial charge in [0.15, 0.2) is 0 Å². The summed E-state index contributed by atoms with van der Waals surface area (Å²) in [6.45, 7) is 8.38. The van der Waals surface area contributed by atoms with Crippen molar-refractivity contribution in [2.45, 2.75) is 33.2 Å². The summed E-state index contributed by atoms with van der Waals surface area (Å²) in [5, 5.41) is 14.2. The first kappa shape index (κ1) is 21.3. The van der Waals surface area contributed by atoms with E-state index < -0.39 is 0 Å². The number of anilines is 1. The highest BCUT2D eigenvalue weighted by Crippen LogP contribution is 2.36. The van der Waals surface area contributed by atoms with Crippen molar-refractivity contribution in [3.05, 3.63) is 72.3 Å². The van der Waals surface area contributed by atoms with E-state index in [1.165, 1.54) is 0 Å². The summed E-state index contributed by atoms with van der Waals surface area (Å²) < 4.78 is 4.04. The van der Waals surface area contributed by atoms with Crippen molar-refractivity contribution < 1.29 is 0 Å². The van der Waals surface area contributed by atoms with Gasteiger partial charge in [0, 0.05) is 35.3 Å². The summed E-state index contributed by atoms with van der Waals surface area (Å²) in [7, 11) is 0. The second-order valence-corrected chi connectivity index (χ2v) is 9.22. The van der Waals surface area contributed by atoms with Crippen LogP contribution in [0.5, 0.6) is 0 Å². The fourth-order valence-electron chi connectivity index (χ4n) is 4.14. The lowest BCUT2D eigenvalue weighted by atomic mass is 10.0. The molecular weight excluding hydrogens is 424 g/mol. The van der Waals surface area contributed by atoms with Crippen molar-refractivity contribution in [1.82, 2.24) is 29.3 Å². The van der Waals surface area contributed by atoms with E-state index in [4.69, 9.17) is 10.7 Å². The van der Waals surface area contributed by atoms with Crippen molar-refractivity contribution in [2.24, 2.45) is 0 Å². The van der Waals surface area contributed by atoms with E-state index >= 15 is 0 Å². The molecule has 8 nitrogen and oxygen atoms in total. The van der Waals surface area contributed by atoms with Crippen LogP contribution in [0.3, 0.4) is 0 Å². The van der Waals surface area contributed by atoms with Crippen LogP contribution in [0.25, 0.3) is 39.2 Å². The average molecular weight is 449 g/mol. The summed E-state index contributed by atoms with van der Waals surface area (Å²) in [6, 6.07) is 15.9. The number of benzene rings is 2. The van der Waals surface area contributed by atoms with Crippen LogP contribution in [-0.4, -0.2) is 29.3 Å². The molecule has 5 aromatic rings. The quantitative estimate of drug-likeness (QED) is 0.422. The van der Waals surface area contributed by atoms with E-state index in [2.05, 4.69) is 52.5 Å². The molecule has 0 atom stereocenters. The maximum absolute atomic E-state index is 9.61. The van der Waals surface area contributed by atoms with Gasteiger partial charge in [0.25, 0.3) is 0 Å². The van der Waals surface area contributed by atoms with E-state index in [-0.39, 0.29) is 11.5 Å². The first-order valence-electron chi connectivity index (χ1n) is 10.9. The Bertz CT molecular complexity index is 1560. The molecule has 3 aromatic heterocycles. The van der Waals surface area contributed by atoms with Crippen LogP contribution in [0.15, 0.2) is 61.1 Å². The highest BCUT2D eigenvalue weighted by molar-refractivity contribution is 5.87. The zero-order valence-electron chi connectivity index (χ0n) is 19.5. The van der Waals surface area contributed by atoms with Gasteiger partial charge in [0.1, 0.15) is 5.82 Å². The van der Waals surface area contributed by atoms with Gasteiger partial charge in [-0.15, -0.1) is 0 Å². The Morgan fingerprint density at radius 1 is 0.971 bits per heavy atom. The fourth-order valence-corrected chi connectivity index (χ4v) is 4.14. The number of nitrogen functional groups attached to an aromatic ring is 1. The first-order valence-corrected chi connectivity index (χ1v) is 10.9. The van der Waals surface area contributed by atoms with Crippen molar-refractivity contribution in [2.75, 3.05) is 5.73 Å². The number of nitrogens with zero attached hydrogens (tertiary/aromatic N) is 7. The third-order valence-corrected chi connectivity index (χ3v) is 5.67. The van der Waals surface area contributed by atoms with E-state index in [0.29, 0.717) is 5.56 Å². The Morgan fingerprint density at radius 2 is 1.74 bits per heavy atom. The lowest BCUT2D eigenvalue weighted by Gasteiger charge is -2.25. The van der Waals surface area contributed by atoms with Gasteiger partial charge in [-0.25, -0.2) is 19.6 Å². The van der Waals surface area contributed by atoms with Gasteiger partial charge in [-0.2, -0.15) is 10.4 Å². The van der Waals surface area contributed by atoms with Crippen molar-refractivity contribution in [1.29, 1.82) is 5.26 Å². The van der Waals surface area contributed by atoms with Crippen LogP contribution in [0.1, 0.15) is 32.0 Å². The van der Waals surface area contributed by atoms with Crippen LogP contribution >= 0.6 is 0 Å². The SMILES string of the molecule is Cc1ccn(-c2ccc(C#N)cc2-c2nc3cc(-c4cnc(N)nc4)ccc3n2C(C)(C)C)n1. The van der Waals surface area contributed by atoms with Gasteiger partial charge < -0.3 is 10.3 Å². The van der Waals surface area contributed by atoms with Gasteiger partial charge in [-0.1, -0.05) is 6.07 Å². The monoisotopic (exact) mass is 448 g/mol. The zero-order valence-corrected chi connectivity index (χ0v) is 19.5. The Kier molecular flexibility index (Phi) is 4.91. The smallest absolute Gasteiger partial charge is 0.219 e. The lowest BCUT2D eigenvalue weighted by Crippen LogP contribution is -2.23. The summed E-state index contributed by atoms with van der Waals surface area (Å²) in [6.07, 6.45) is 5.34. The molecule has 0 aliphatic carbocycles. The largest absolute Gasteiger partial charge is 0.368 e. The molecule has 0 bridgehead atoms. The van der Waals surface area contributed by atoms with Crippen molar-refractivity contribution >= 4 is 17.0 Å². The van der Waals surface area contributed by atoms with Gasteiger partial charge in [-0.3, -0.25) is 0 Å². The molecule has 2 aromatic carbocycles. The number of aryl methyl sites for hydroxylation is 1. The molecule has 3 heterocycles. The van der Waals surface area contributed by atoms with Crippen LogP contribution in [-0.2, 0) is 5.54 Å². The molecule has 0 radical (unpaired) electrons. The second kappa shape index (κ2) is 7.81. The molecule has 0 amide bonds. The Morgan fingerprint density at radius 3 is 2.38 bits per heavy atom. The number of rotatable bonds is 3. The molecule has 0 saturated heterocycles. The number of nitriles is 1. The summed E-state index contributed by atoms with van der Waals surface area (Å²) in [5.74, 6) is 1.01. The number of fused-ring (bicyclic) bond motifs is 1. The van der Waals surface area contributed by atoms with E-state index in [9.17, 15) is 5.26 Å². The third-order valence-electron chi connectivity index (χ3n) is 5.67. The molecule has 0 spiro atoms. The van der Waals surface area contributed by atoms with Gasteiger partial charge in [0.05, 0.1) is 34.0 Å². The minimum atomic E-state index is -0.268. The Balaban J connectivity index is 1.78. The van der Waals surface area contributed by atoms with Crippen molar-refractivity contribution in [3.8, 4) is 34.3 Å². The molecule has 8 heteroatoms. The molecule has 0 fully saturated rings. The lowest BCUT2D eigenvalue weighted by molar-refractivity contribution is 0.413. The molecule has 168 valence electrons. The number of imidazole rings is 1. The molecule has 0 unspecified atom stereocenters. The predicted molar refractivity (Wildman–Crippen MR) is 132 cm³/mol. The van der Waals surface area contributed by atoms with Crippen molar-refractivity contribution in [3.63, 3.8) is 0 Å². The zero-order chi connectivity index (χ0) is 24.0. The molecule has 0 aliphatic rings. The molecule has 5 rings (SSSR count). The summed E-state index contributed by atoms with van der Waals surface area (Å²) in [4.78, 5) is 13.3. The first-order chi connectivity index (χ1) is 16.2. The number of aromatic nitrogens is 6. The minimum Gasteiger partial charge on any atom is -0.368 e. The standard InChI is InChI=1S/C26H24N8/c1-16-9-10-33(32-16)22-7-5-17(13-27)11-20(22)24-31-21-12-18(19-14-29-25(28)30-15-19)6-8-23(21)34(24)26(2,3)4/h5-12,14-15H,1-4H3,(H2,28,29,30). The molecule has 2 N–H and O–H groups in total.